The van der Waals surface area contributed by atoms with Crippen molar-refractivity contribution >= 4 is 50.7 Å². The van der Waals surface area contributed by atoms with Gasteiger partial charge in [0.25, 0.3) is 5.69 Å². The zero-order chi connectivity index (χ0) is 18.8. The number of anilines is 1. The van der Waals surface area contributed by atoms with Gasteiger partial charge in [0.05, 0.1) is 21.8 Å². The van der Waals surface area contributed by atoms with Gasteiger partial charge in [-0.05, 0) is 16.8 Å². The number of fused-ring (bicyclic) bond motifs is 2. The van der Waals surface area contributed by atoms with Crippen LogP contribution in [0, 0.1) is 10.1 Å². The van der Waals surface area contributed by atoms with Crippen LogP contribution in [0.3, 0.4) is 0 Å². The average Bonchev–Trinajstić information content (AvgIpc) is 2.71. The molecule has 27 heavy (non-hydrogen) atoms. The number of hydrogen-bond donors (Lipinski definition) is 1. The molecular formula is C21H14ClN3O2. The van der Waals surface area contributed by atoms with Gasteiger partial charge in [-0.2, -0.15) is 5.10 Å². The molecule has 0 unspecified atom stereocenters. The Balaban J connectivity index is 1.79. The Morgan fingerprint density at radius 2 is 1.48 bits per heavy atom. The number of nitro groups is 1. The average molecular weight is 376 g/mol. The maximum Gasteiger partial charge on any atom is 0.271 e. The summed E-state index contributed by atoms with van der Waals surface area (Å²) in [5.41, 5.74) is 4.35. The van der Waals surface area contributed by atoms with Crippen LogP contribution in [0.25, 0.3) is 21.5 Å². The molecule has 0 heterocycles. The number of hydrogen-bond acceptors (Lipinski definition) is 4. The van der Waals surface area contributed by atoms with Crippen molar-refractivity contribution in [3.05, 3.63) is 93.5 Å². The van der Waals surface area contributed by atoms with Gasteiger partial charge >= 0.3 is 0 Å². The third kappa shape index (κ3) is 3.20. The molecule has 0 aliphatic rings. The van der Waals surface area contributed by atoms with Crippen LogP contribution in [0.4, 0.5) is 11.4 Å². The van der Waals surface area contributed by atoms with Crippen LogP contribution >= 0.6 is 11.6 Å². The van der Waals surface area contributed by atoms with Gasteiger partial charge in [-0.1, -0.05) is 66.2 Å². The van der Waals surface area contributed by atoms with E-state index < -0.39 is 4.92 Å². The largest absolute Gasteiger partial charge is 0.278 e. The Morgan fingerprint density at radius 1 is 0.889 bits per heavy atom. The summed E-state index contributed by atoms with van der Waals surface area (Å²) in [6, 6.07) is 22.0. The second kappa shape index (κ2) is 7.05. The standard InChI is InChI=1S/C21H14ClN3O2/c22-21-18-10-3-1-8-16(18)20(17-9-2-4-11-19(17)21)13-23-24-14-6-5-7-15(12-14)25(26)27/h1-13,24H. The lowest BCUT2D eigenvalue weighted by Gasteiger charge is -2.10. The smallest absolute Gasteiger partial charge is 0.271 e. The Labute approximate surface area is 160 Å². The Hall–Kier alpha value is -3.44. The highest BCUT2D eigenvalue weighted by molar-refractivity contribution is 6.42. The molecule has 6 heteroatoms. The SMILES string of the molecule is O=[N+]([O-])c1cccc(NN=Cc2c3ccccc3c(Cl)c3ccccc23)c1. The van der Waals surface area contributed by atoms with Gasteiger partial charge in [-0.3, -0.25) is 15.5 Å². The number of benzene rings is 4. The highest BCUT2D eigenvalue weighted by Gasteiger charge is 2.11. The monoisotopic (exact) mass is 375 g/mol. The molecular weight excluding hydrogens is 362 g/mol. The number of nitrogens with zero attached hydrogens (tertiary/aromatic N) is 2. The van der Waals surface area contributed by atoms with Gasteiger partial charge < -0.3 is 0 Å². The van der Waals surface area contributed by atoms with Gasteiger partial charge in [-0.15, -0.1) is 0 Å². The summed E-state index contributed by atoms with van der Waals surface area (Å²) in [6.07, 6.45) is 1.72. The van der Waals surface area contributed by atoms with Crippen molar-refractivity contribution in [2.24, 2.45) is 5.10 Å². The number of halogens is 1. The molecule has 0 bridgehead atoms. The first-order chi connectivity index (χ1) is 13.1. The molecule has 0 spiro atoms. The Morgan fingerprint density at radius 3 is 2.07 bits per heavy atom. The molecule has 4 aromatic carbocycles. The molecule has 0 aliphatic carbocycles. The second-order valence-electron chi connectivity index (χ2n) is 6.00. The van der Waals surface area contributed by atoms with Gasteiger partial charge in [0, 0.05) is 28.5 Å². The lowest BCUT2D eigenvalue weighted by molar-refractivity contribution is -0.384. The van der Waals surface area contributed by atoms with Crippen molar-refractivity contribution in [2.75, 3.05) is 5.43 Å². The molecule has 0 amide bonds. The summed E-state index contributed by atoms with van der Waals surface area (Å²) in [7, 11) is 0. The maximum atomic E-state index is 10.9. The van der Waals surface area contributed by atoms with Crippen molar-refractivity contribution in [3.63, 3.8) is 0 Å². The van der Waals surface area contributed by atoms with E-state index in [9.17, 15) is 10.1 Å². The fourth-order valence-corrected chi connectivity index (χ4v) is 3.44. The lowest BCUT2D eigenvalue weighted by Crippen LogP contribution is -1.95. The Bertz CT molecular complexity index is 1150. The molecule has 0 saturated carbocycles. The first kappa shape index (κ1) is 17.0. The van der Waals surface area contributed by atoms with Gasteiger partial charge in [-0.25, -0.2) is 0 Å². The molecule has 0 aromatic heterocycles. The van der Waals surface area contributed by atoms with Gasteiger partial charge in [0.1, 0.15) is 0 Å². The zero-order valence-electron chi connectivity index (χ0n) is 14.1. The van der Waals surface area contributed by atoms with Gasteiger partial charge in [0.15, 0.2) is 0 Å². The molecule has 1 N–H and O–H groups in total. The van der Waals surface area contributed by atoms with E-state index in [1.807, 2.05) is 48.5 Å². The molecule has 132 valence electrons. The van der Waals surface area contributed by atoms with Crippen molar-refractivity contribution in [1.29, 1.82) is 0 Å². The number of rotatable bonds is 4. The van der Waals surface area contributed by atoms with Gasteiger partial charge in [0.2, 0.25) is 0 Å². The Kier molecular flexibility index (Phi) is 4.44. The lowest BCUT2D eigenvalue weighted by atomic mass is 9.97. The molecule has 0 saturated heterocycles. The summed E-state index contributed by atoms with van der Waals surface area (Å²) in [4.78, 5) is 10.5. The van der Waals surface area contributed by atoms with Crippen LogP contribution in [-0.4, -0.2) is 11.1 Å². The van der Waals surface area contributed by atoms with Crippen LogP contribution in [0.15, 0.2) is 77.9 Å². The number of non-ortho nitro benzene ring substituents is 1. The van der Waals surface area contributed by atoms with E-state index in [1.54, 1.807) is 18.3 Å². The first-order valence-corrected chi connectivity index (χ1v) is 8.65. The molecule has 4 aromatic rings. The van der Waals surface area contributed by atoms with Crippen LogP contribution in [0.1, 0.15) is 5.56 Å². The number of hydrazone groups is 1. The van der Waals surface area contributed by atoms with E-state index in [2.05, 4.69) is 10.5 Å². The highest BCUT2D eigenvalue weighted by atomic mass is 35.5. The zero-order valence-corrected chi connectivity index (χ0v) is 14.9. The predicted octanol–water partition coefficient (Wildman–Crippen LogP) is 6.00. The van der Waals surface area contributed by atoms with Crippen LogP contribution in [-0.2, 0) is 0 Å². The number of nitro benzene ring substituents is 1. The maximum absolute atomic E-state index is 10.9. The van der Waals surface area contributed by atoms with Crippen LogP contribution in [0.2, 0.25) is 5.02 Å². The van der Waals surface area contributed by atoms with E-state index in [0.717, 1.165) is 27.1 Å². The summed E-state index contributed by atoms with van der Waals surface area (Å²) >= 11 is 6.60. The van der Waals surface area contributed by atoms with Crippen LogP contribution in [0.5, 0.6) is 0 Å². The van der Waals surface area contributed by atoms with E-state index in [4.69, 9.17) is 11.6 Å². The van der Waals surface area contributed by atoms with Crippen molar-refractivity contribution in [3.8, 4) is 0 Å². The van der Waals surface area contributed by atoms with Crippen molar-refractivity contribution in [2.45, 2.75) is 0 Å². The first-order valence-electron chi connectivity index (χ1n) is 8.27. The molecule has 5 nitrogen and oxygen atoms in total. The molecule has 0 atom stereocenters. The summed E-state index contributed by atoms with van der Waals surface area (Å²) in [5, 5.41) is 19.8. The van der Waals surface area contributed by atoms with E-state index >= 15 is 0 Å². The predicted molar refractivity (Wildman–Crippen MR) is 111 cm³/mol. The minimum atomic E-state index is -0.435. The van der Waals surface area contributed by atoms with E-state index in [1.165, 1.54) is 12.1 Å². The summed E-state index contributed by atoms with van der Waals surface area (Å²) in [5.74, 6) is 0. The third-order valence-corrected chi connectivity index (χ3v) is 4.76. The second-order valence-corrected chi connectivity index (χ2v) is 6.37. The quantitative estimate of drug-likeness (QED) is 0.206. The molecule has 0 aliphatic heterocycles. The minimum Gasteiger partial charge on any atom is -0.278 e. The number of nitrogens with one attached hydrogen (secondary N) is 1. The van der Waals surface area contributed by atoms with Crippen LogP contribution < -0.4 is 5.43 Å². The summed E-state index contributed by atoms with van der Waals surface area (Å²) < 4.78 is 0. The fraction of sp³-hybridized carbons (Fsp3) is 0. The minimum absolute atomic E-state index is 0.0117. The highest BCUT2D eigenvalue weighted by Crippen LogP contribution is 2.35. The molecule has 0 radical (unpaired) electrons. The van der Waals surface area contributed by atoms with E-state index in [0.29, 0.717) is 10.7 Å². The van der Waals surface area contributed by atoms with E-state index in [-0.39, 0.29) is 5.69 Å². The normalized spacial score (nSPS) is 11.3. The molecule has 4 rings (SSSR count). The molecule has 0 fully saturated rings. The van der Waals surface area contributed by atoms with Crippen molar-refractivity contribution in [1.82, 2.24) is 0 Å². The third-order valence-electron chi connectivity index (χ3n) is 4.35. The van der Waals surface area contributed by atoms with Crippen molar-refractivity contribution < 1.29 is 4.92 Å². The fourth-order valence-electron chi connectivity index (χ4n) is 3.11. The topological polar surface area (TPSA) is 67.5 Å². The summed E-state index contributed by atoms with van der Waals surface area (Å²) in [6.45, 7) is 0.